The van der Waals surface area contributed by atoms with Crippen LogP contribution >= 0.6 is 0 Å². The molecule has 0 radical (unpaired) electrons. The largest absolute Gasteiger partial charge is 0.480 e. The first kappa shape index (κ1) is 16.6. The second-order valence-electron chi connectivity index (χ2n) is 4.29. The fraction of sp³-hybridized carbons (Fsp3) is 0.308. The van der Waals surface area contributed by atoms with Crippen LogP contribution in [0.5, 0.6) is 0 Å². The highest BCUT2D eigenvalue weighted by Crippen LogP contribution is 2.05. The number of carboxylic acids is 1. The van der Waals surface area contributed by atoms with Crippen LogP contribution in [0.25, 0.3) is 0 Å². The Kier molecular flexibility index (Phi) is 5.79. The van der Waals surface area contributed by atoms with Crippen LogP contribution in [0.3, 0.4) is 0 Å². The number of nitrogens with one attached hydrogen (secondary N) is 2. The molecule has 0 heterocycles. The van der Waals surface area contributed by atoms with Gasteiger partial charge in [0.25, 0.3) is 5.91 Å². The van der Waals surface area contributed by atoms with E-state index in [-0.39, 0.29) is 5.56 Å². The summed E-state index contributed by atoms with van der Waals surface area (Å²) >= 11 is 0. The van der Waals surface area contributed by atoms with Crippen LogP contribution in [0.2, 0.25) is 0 Å². The van der Waals surface area contributed by atoms with E-state index in [9.17, 15) is 23.9 Å². The van der Waals surface area contributed by atoms with Crippen LogP contribution < -0.4 is 10.6 Å². The van der Waals surface area contributed by atoms with Gasteiger partial charge in [0.1, 0.15) is 5.82 Å². The molecule has 1 aromatic rings. The van der Waals surface area contributed by atoms with Crippen molar-refractivity contribution in [3.05, 3.63) is 35.6 Å². The third kappa shape index (κ3) is 4.84. The number of rotatable bonds is 6. The second-order valence-corrected chi connectivity index (χ2v) is 4.29. The Labute approximate surface area is 119 Å². The highest BCUT2D eigenvalue weighted by Gasteiger charge is 2.25. The Morgan fingerprint density at radius 3 is 2.43 bits per heavy atom. The maximum absolute atomic E-state index is 13.3. The first-order valence-electron chi connectivity index (χ1n) is 6.06. The number of carboxylic acid groups (broad SMARTS) is 1. The van der Waals surface area contributed by atoms with Crippen LogP contribution in [0.15, 0.2) is 24.3 Å². The number of hydrogen-bond acceptors (Lipinski definition) is 4. The molecular weight excluding hydrogens is 283 g/mol. The fourth-order valence-corrected chi connectivity index (χ4v) is 1.51. The molecule has 114 valence electrons. The molecule has 0 fully saturated rings. The van der Waals surface area contributed by atoms with Gasteiger partial charge in [0, 0.05) is 0 Å². The third-order valence-electron chi connectivity index (χ3n) is 2.59. The van der Waals surface area contributed by atoms with Crippen molar-refractivity contribution in [3.8, 4) is 0 Å². The van der Waals surface area contributed by atoms with Crippen molar-refractivity contribution in [2.45, 2.75) is 19.1 Å². The molecular formula is C13H15FN2O5. The number of aliphatic hydroxyl groups is 1. The molecule has 7 nitrogen and oxygen atoms in total. The van der Waals surface area contributed by atoms with Gasteiger partial charge in [-0.15, -0.1) is 0 Å². The van der Waals surface area contributed by atoms with E-state index in [0.29, 0.717) is 0 Å². The van der Waals surface area contributed by atoms with Crippen molar-refractivity contribution >= 4 is 17.8 Å². The SMILES string of the molecule is C[C@@H](O)[C@H](NC(=O)CNC(=O)c1ccccc1F)C(=O)O. The number of halogens is 1. The van der Waals surface area contributed by atoms with E-state index in [0.717, 1.165) is 6.07 Å². The molecule has 0 aliphatic heterocycles. The number of carbonyl (C=O) groups excluding carboxylic acids is 2. The Morgan fingerprint density at radius 2 is 1.90 bits per heavy atom. The number of amides is 2. The van der Waals surface area contributed by atoms with Crippen molar-refractivity contribution in [2.75, 3.05) is 6.54 Å². The zero-order chi connectivity index (χ0) is 16.0. The van der Waals surface area contributed by atoms with Crippen molar-refractivity contribution < 1.29 is 29.0 Å². The highest BCUT2D eigenvalue weighted by atomic mass is 19.1. The van der Waals surface area contributed by atoms with E-state index >= 15 is 0 Å². The van der Waals surface area contributed by atoms with Crippen LogP contribution in [0.4, 0.5) is 4.39 Å². The zero-order valence-electron chi connectivity index (χ0n) is 11.2. The van der Waals surface area contributed by atoms with Crippen molar-refractivity contribution in [1.82, 2.24) is 10.6 Å². The normalized spacial score (nSPS) is 13.1. The molecule has 8 heteroatoms. The molecule has 21 heavy (non-hydrogen) atoms. The molecule has 1 rings (SSSR count). The number of carbonyl (C=O) groups is 3. The van der Waals surface area contributed by atoms with E-state index in [2.05, 4.69) is 5.32 Å². The van der Waals surface area contributed by atoms with Gasteiger partial charge >= 0.3 is 5.97 Å². The standard InChI is InChI=1S/C13H15FN2O5/c1-7(17)11(13(20)21)16-10(18)6-15-12(19)8-4-2-3-5-9(8)14/h2-5,7,11,17H,6H2,1H3,(H,15,19)(H,16,18)(H,20,21)/t7-,11+/m1/s1. The molecule has 2 amide bonds. The topological polar surface area (TPSA) is 116 Å². The monoisotopic (exact) mass is 298 g/mol. The minimum absolute atomic E-state index is 0.226. The molecule has 1 aromatic carbocycles. The molecule has 0 bridgehead atoms. The molecule has 2 atom stereocenters. The Morgan fingerprint density at radius 1 is 1.29 bits per heavy atom. The summed E-state index contributed by atoms with van der Waals surface area (Å²) in [6.07, 6.45) is -1.30. The van der Waals surface area contributed by atoms with E-state index in [4.69, 9.17) is 5.11 Å². The van der Waals surface area contributed by atoms with Crippen molar-refractivity contribution in [3.63, 3.8) is 0 Å². The summed E-state index contributed by atoms with van der Waals surface area (Å²) in [5, 5.41) is 22.2. The summed E-state index contributed by atoms with van der Waals surface area (Å²) in [7, 11) is 0. The van der Waals surface area contributed by atoms with Crippen LogP contribution in [0, 0.1) is 5.82 Å². The number of aliphatic carboxylic acids is 1. The van der Waals surface area contributed by atoms with Gasteiger partial charge in [-0.1, -0.05) is 12.1 Å². The maximum atomic E-state index is 13.3. The van der Waals surface area contributed by atoms with Gasteiger partial charge in [0.2, 0.25) is 5.91 Å². The van der Waals surface area contributed by atoms with E-state index < -0.39 is 42.3 Å². The predicted molar refractivity (Wildman–Crippen MR) is 70.0 cm³/mol. The predicted octanol–water partition coefficient (Wildman–Crippen LogP) is -0.494. The smallest absolute Gasteiger partial charge is 0.328 e. The summed E-state index contributed by atoms with van der Waals surface area (Å²) in [4.78, 5) is 33.9. The molecule has 0 saturated carbocycles. The zero-order valence-corrected chi connectivity index (χ0v) is 11.2. The number of hydrogen-bond donors (Lipinski definition) is 4. The minimum Gasteiger partial charge on any atom is -0.480 e. The lowest BCUT2D eigenvalue weighted by Gasteiger charge is -2.17. The maximum Gasteiger partial charge on any atom is 0.328 e. The first-order valence-corrected chi connectivity index (χ1v) is 6.06. The van der Waals surface area contributed by atoms with Gasteiger partial charge < -0.3 is 20.8 Å². The van der Waals surface area contributed by atoms with Crippen molar-refractivity contribution in [1.29, 1.82) is 0 Å². The van der Waals surface area contributed by atoms with Crippen LogP contribution in [0.1, 0.15) is 17.3 Å². The average Bonchev–Trinajstić information content (AvgIpc) is 2.42. The summed E-state index contributed by atoms with van der Waals surface area (Å²) < 4.78 is 13.3. The van der Waals surface area contributed by atoms with E-state index in [1.54, 1.807) is 0 Å². The third-order valence-corrected chi connectivity index (χ3v) is 2.59. The van der Waals surface area contributed by atoms with Gasteiger partial charge in [0.15, 0.2) is 6.04 Å². The Bertz CT molecular complexity index is 547. The van der Waals surface area contributed by atoms with Gasteiger partial charge in [-0.2, -0.15) is 0 Å². The van der Waals surface area contributed by atoms with E-state index in [1.807, 2.05) is 5.32 Å². The van der Waals surface area contributed by atoms with Crippen LogP contribution in [-0.2, 0) is 9.59 Å². The van der Waals surface area contributed by atoms with Gasteiger partial charge in [0.05, 0.1) is 18.2 Å². The Hall–Kier alpha value is -2.48. The lowest BCUT2D eigenvalue weighted by atomic mass is 10.2. The summed E-state index contributed by atoms with van der Waals surface area (Å²) in [6, 6.07) is 3.74. The molecule has 0 unspecified atom stereocenters. The summed E-state index contributed by atoms with van der Waals surface area (Å²) in [5.74, 6) is -3.75. The van der Waals surface area contributed by atoms with Gasteiger partial charge in [-0.05, 0) is 19.1 Å². The minimum atomic E-state index is -1.48. The summed E-state index contributed by atoms with van der Waals surface area (Å²) in [5.41, 5.74) is -0.226. The van der Waals surface area contributed by atoms with Crippen molar-refractivity contribution in [2.24, 2.45) is 0 Å². The lowest BCUT2D eigenvalue weighted by molar-refractivity contribution is -0.144. The fourth-order valence-electron chi connectivity index (χ4n) is 1.51. The molecule has 4 N–H and O–H groups in total. The van der Waals surface area contributed by atoms with Crippen LogP contribution in [-0.4, -0.2) is 46.7 Å². The molecule has 0 aliphatic rings. The first-order chi connectivity index (χ1) is 9.82. The van der Waals surface area contributed by atoms with Gasteiger partial charge in [-0.25, -0.2) is 9.18 Å². The molecule has 0 aromatic heterocycles. The lowest BCUT2D eigenvalue weighted by Crippen LogP contribution is -2.50. The average molecular weight is 298 g/mol. The second kappa shape index (κ2) is 7.34. The highest BCUT2D eigenvalue weighted by molar-refractivity contribution is 5.97. The Balaban J connectivity index is 2.55. The molecule has 0 saturated heterocycles. The molecule has 0 spiro atoms. The quantitative estimate of drug-likeness (QED) is 0.565. The molecule has 0 aliphatic carbocycles. The van der Waals surface area contributed by atoms with E-state index in [1.165, 1.54) is 25.1 Å². The van der Waals surface area contributed by atoms with Gasteiger partial charge in [-0.3, -0.25) is 9.59 Å². The number of benzene rings is 1. The summed E-state index contributed by atoms with van der Waals surface area (Å²) in [6.45, 7) is 0.667. The number of aliphatic hydroxyl groups excluding tert-OH is 1.